The number of nitrogens with one attached hydrogen (secondary N) is 3. The molecule has 1 amide bonds. The van der Waals surface area contributed by atoms with Crippen molar-refractivity contribution in [2.45, 2.75) is 56.9 Å². The molecule has 0 bridgehead atoms. The molecule has 1 aliphatic carbocycles. The maximum atomic E-state index is 14.2. The molecule has 63 heavy (non-hydrogen) atoms. The summed E-state index contributed by atoms with van der Waals surface area (Å²) in [6.45, 7) is 10.4. The number of halogens is 1. The Morgan fingerprint density at radius 3 is 2.49 bits per heavy atom. The van der Waals surface area contributed by atoms with Crippen molar-refractivity contribution in [3.05, 3.63) is 117 Å². The number of hydrogen-bond donors (Lipinski definition) is 3. The Bertz CT molecular complexity index is 2860. The number of benzene rings is 3. The van der Waals surface area contributed by atoms with Gasteiger partial charge in [-0.25, -0.2) is 22.8 Å². The number of nitro benzene ring substituents is 1. The minimum atomic E-state index is -4.56. The van der Waals surface area contributed by atoms with E-state index >= 15 is 0 Å². The fourth-order valence-corrected chi connectivity index (χ4v) is 10.3. The number of aromatic amines is 1. The number of aromatic nitrogens is 4. The highest BCUT2D eigenvalue weighted by Crippen LogP contribution is 2.43. The van der Waals surface area contributed by atoms with Crippen LogP contribution >= 0.6 is 11.6 Å². The molecule has 0 radical (unpaired) electrons. The van der Waals surface area contributed by atoms with Gasteiger partial charge in [0, 0.05) is 67.1 Å². The van der Waals surface area contributed by atoms with Gasteiger partial charge in [-0.1, -0.05) is 43.2 Å². The number of sulfonamides is 1. The number of H-pyrrole nitrogens is 1. The molecule has 15 nitrogen and oxygen atoms in total. The molecule has 5 heterocycles. The van der Waals surface area contributed by atoms with Crippen LogP contribution in [-0.2, 0) is 10.0 Å². The third-order valence-electron chi connectivity index (χ3n) is 12.8. The molecule has 9 rings (SSSR count). The largest absolute Gasteiger partial charge is 0.377 e. The standard InChI is InChI=1S/C46H51ClN10O5S/c1-46(2)16-12-32(38(27-46)30-4-6-33(47)7-5-30)29-54-20-22-55(23-21-54)35-8-10-37(41(25-35)56-42-24-31-13-17-48-44(31)51-40(42)28-49-56)45(58)52-63(61,62)36-9-11-39(43(26-36)57(59)60)50-34-14-18-53(3)19-15-34/h4-11,13,17,24-26,28,34,50H,12,14-16,18-23,27,29H2,1-3H3,(H,48,51)(H,52,58). The first-order valence-corrected chi connectivity index (χ1v) is 23.3. The fourth-order valence-electron chi connectivity index (χ4n) is 9.16. The predicted octanol–water partition coefficient (Wildman–Crippen LogP) is 7.87. The van der Waals surface area contributed by atoms with Crippen molar-refractivity contribution in [1.82, 2.24) is 34.3 Å². The third kappa shape index (κ3) is 9.03. The molecule has 2 fully saturated rings. The van der Waals surface area contributed by atoms with Gasteiger partial charge >= 0.3 is 0 Å². The van der Waals surface area contributed by atoms with E-state index in [1.54, 1.807) is 23.1 Å². The molecule has 0 saturated carbocycles. The molecule has 17 heteroatoms. The van der Waals surface area contributed by atoms with Crippen molar-refractivity contribution in [2.24, 2.45) is 5.41 Å². The molecule has 3 N–H and O–H groups in total. The highest BCUT2D eigenvalue weighted by molar-refractivity contribution is 7.90. The van der Waals surface area contributed by atoms with Crippen molar-refractivity contribution in [3.8, 4) is 5.69 Å². The zero-order valence-electron chi connectivity index (χ0n) is 35.6. The molecule has 3 aromatic heterocycles. The molecule has 328 valence electrons. The van der Waals surface area contributed by atoms with Crippen LogP contribution in [0.4, 0.5) is 17.1 Å². The van der Waals surface area contributed by atoms with E-state index in [0.29, 0.717) is 22.4 Å². The van der Waals surface area contributed by atoms with Crippen molar-refractivity contribution in [3.63, 3.8) is 0 Å². The van der Waals surface area contributed by atoms with E-state index in [1.165, 1.54) is 28.8 Å². The summed E-state index contributed by atoms with van der Waals surface area (Å²) in [5.74, 6) is -0.905. The van der Waals surface area contributed by atoms with Gasteiger partial charge in [0.05, 0.1) is 32.8 Å². The SMILES string of the molecule is CN1CCC(Nc2ccc(S(=O)(=O)NC(=O)c3ccc(N4CCN(CC5=C(c6ccc(Cl)cc6)CC(C)(C)CC5)CC4)cc3-n3ncc4nc5[nH]ccc5cc43)cc2[N+](=O)[O-])CC1. The van der Waals surface area contributed by atoms with Gasteiger partial charge in [-0.05, 0) is 123 Å². The van der Waals surface area contributed by atoms with Crippen molar-refractivity contribution in [1.29, 1.82) is 0 Å². The Kier molecular flexibility index (Phi) is 11.5. The molecule has 0 atom stereocenters. The lowest BCUT2D eigenvalue weighted by Crippen LogP contribution is -2.47. The number of amides is 1. The van der Waals surface area contributed by atoms with E-state index < -0.39 is 25.7 Å². The Morgan fingerprint density at radius 2 is 1.75 bits per heavy atom. The van der Waals surface area contributed by atoms with Crippen LogP contribution in [0.15, 0.2) is 95.7 Å². The second-order valence-electron chi connectivity index (χ2n) is 17.9. The maximum absolute atomic E-state index is 14.2. The van der Waals surface area contributed by atoms with Crippen LogP contribution in [-0.4, -0.2) is 108 Å². The number of carbonyl (C=O) groups excluding carboxylic acids is 1. The van der Waals surface area contributed by atoms with E-state index in [-0.39, 0.29) is 28.4 Å². The summed E-state index contributed by atoms with van der Waals surface area (Å²) in [4.78, 5) is 40.2. The number of pyridine rings is 1. The smallest absolute Gasteiger partial charge is 0.293 e. The van der Waals surface area contributed by atoms with E-state index in [1.807, 2.05) is 43.4 Å². The van der Waals surface area contributed by atoms with Gasteiger partial charge < -0.3 is 20.1 Å². The molecule has 2 aliphatic heterocycles. The second kappa shape index (κ2) is 17.1. The molecule has 3 aromatic carbocycles. The van der Waals surface area contributed by atoms with Crippen LogP contribution < -0.4 is 14.9 Å². The van der Waals surface area contributed by atoms with Gasteiger partial charge in [-0.2, -0.15) is 5.10 Å². The minimum absolute atomic E-state index is 0.00949. The van der Waals surface area contributed by atoms with Crippen LogP contribution in [0, 0.1) is 15.5 Å². The zero-order chi connectivity index (χ0) is 44.0. The van der Waals surface area contributed by atoms with Gasteiger partial charge in [0.15, 0.2) is 0 Å². The van der Waals surface area contributed by atoms with Crippen LogP contribution in [0.5, 0.6) is 0 Å². The first-order chi connectivity index (χ1) is 30.2. The van der Waals surface area contributed by atoms with Gasteiger partial charge in [0.1, 0.15) is 16.9 Å². The van der Waals surface area contributed by atoms with Crippen LogP contribution in [0.3, 0.4) is 0 Å². The topological polar surface area (TPSA) is 175 Å². The molecule has 0 unspecified atom stereocenters. The van der Waals surface area contributed by atoms with Crippen LogP contribution in [0.1, 0.15) is 61.9 Å². The highest BCUT2D eigenvalue weighted by Gasteiger charge is 2.31. The number of anilines is 2. The normalized spacial score (nSPS) is 18.0. The van der Waals surface area contributed by atoms with E-state index in [4.69, 9.17) is 16.6 Å². The number of piperazine rings is 1. The van der Waals surface area contributed by atoms with Gasteiger partial charge in [0.25, 0.3) is 21.6 Å². The first-order valence-electron chi connectivity index (χ1n) is 21.4. The Hall–Kier alpha value is -5.81. The lowest BCUT2D eigenvalue weighted by molar-refractivity contribution is -0.384. The Morgan fingerprint density at radius 1 is 0.984 bits per heavy atom. The number of nitrogens with zero attached hydrogens (tertiary/aromatic N) is 7. The summed E-state index contributed by atoms with van der Waals surface area (Å²) < 4.78 is 31.5. The monoisotopic (exact) mass is 890 g/mol. The van der Waals surface area contributed by atoms with Crippen molar-refractivity contribution in [2.75, 3.05) is 63.1 Å². The summed E-state index contributed by atoms with van der Waals surface area (Å²) in [6.07, 6.45) is 8.20. The van der Waals surface area contributed by atoms with Gasteiger partial charge in [-0.3, -0.25) is 19.8 Å². The van der Waals surface area contributed by atoms with E-state index in [2.05, 4.69) is 60.8 Å². The number of carbonyl (C=O) groups is 1. The number of hydrogen-bond acceptors (Lipinski definition) is 11. The summed E-state index contributed by atoms with van der Waals surface area (Å²) in [6, 6.07) is 21.0. The van der Waals surface area contributed by atoms with E-state index in [9.17, 15) is 23.3 Å². The lowest BCUT2D eigenvalue weighted by Gasteiger charge is -2.39. The molecule has 2 saturated heterocycles. The molecule has 0 spiro atoms. The molecule has 6 aromatic rings. The highest BCUT2D eigenvalue weighted by atomic mass is 35.5. The molecule has 3 aliphatic rings. The summed E-state index contributed by atoms with van der Waals surface area (Å²) in [5, 5.41) is 21.7. The third-order valence-corrected chi connectivity index (χ3v) is 14.4. The van der Waals surface area contributed by atoms with Crippen LogP contribution in [0.2, 0.25) is 5.02 Å². The number of likely N-dealkylation sites (tertiary alicyclic amines) is 1. The summed E-state index contributed by atoms with van der Waals surface area (Å²) in [5.41, 5.74) is 7.36. The average Bonchev–Trinajstić information content (AvgIpc) is 3.91. The van der Waals surface area contributed by atoms with Crippen molar-refractivity contribution >= 4 is 72.2 Å². The molecular formula is C46H51ClN10O5S. The van der Waals surface area contributed by atoms with Gasteiger partial charge in [0.2, 0.25) is 0 Å². The lowest BCUT2D eigenvalue weighted by atomic mass is 9.72. The first kappa shape index (κ1) is 42.5. The number of allylic oxidation sites excluding steroid dienone is 1. The number of nitro groups is 1. The maximum Gasteiger partial charge on any atom is 0.293 e. The van der Waals surface area contributed by atoms with Crippen LogP contribution in [0.25, 0.3) is 33.3 Å². The fraction of sp³-hybridized carbons (Fsp3) is 0.370. The Balaban J connectivity index is 0.982. The Labute approximate surface area is 371 Å². The quantitative estimate of drug-likeness (QED) is 0.0853. The minimum Gasteiger partial charge on any atom is -0.377 e. The van der Waals surface area contributed by atoms with Crippen molar-refractivity contribution < 1.29 is 18.1 Å². The second-order valence-corrected chi connectivity index (χ2v) is 20.0. The summed E-state index contributed by atoms with van der Waals surface area (Å²) >= 11 is 6.26. The van der Waals surface area contributed by atoms with E-state index in [0.717, 1.165) is 100 Å². The zero-order valence-corrected chi connectivity index (χ0v) is 37.2. The predicted molar refractivity (Wildman–Crippen MR) is 247 cm³/mol. The van der Waals surface area contributed by atoms with Gasteiger partial charge in [-0.15, -0.1) is 0 Å². The number of piperidine rings is 1. The molecular weight excluding hydrogens is 840 g/mol. The number of fused-ring (bicyclic) bond motifs is 2. The number of rotatable bonds is 11. The average molecular weight is 891 g/mol. The summed E-state index contributed by atoms with van der Waals surface area (Å²) in [7, 11) is -2.53.